The number of anilines is 3. The zero-order chi connectivity index (χ0) is 30.0. The van der Waals surface area contributed by atoms with Gasteiger partial charge < -0.3 is 14.5 Å². The van der Waals surface area contributed by atoms with E-state index in [4.69, 9.17) is 8.85 Å². The van der Waals surface area contributed by atoms with Crippen molar-refractivity contribution in [3.05, 3.63) is 115 Å². The number of pyridine rings is 1. The third-order valence-electron chi connectivity index (χ3n) is 7.49. The molecule has 7 rings (SSSR count). The summed E-state index contributed by atoms with van der Waals surface area (Å²) in [5, 5.41) is 2.01. The molecule has 0 saturated carbocycles. The van der Waals surface area contributed by atoms with E-state index in [1.165, 1.54) is 5.69 Å². The summed E-state index contributed by atoms with van der Waals surface area (Å²) in [7, 11) is 2.09. The van der Waals surface area contributed by atoms with Crippen LogP contribution in [-0.2, 0) is 5.41 Å². The van der Waals surface area contributed by atoms with Crippen LogP contribution in [0.4, 0.5) is 17.1 Å². The molecule has 198 valence electrons. The van der Waals surface area contributed by atoms with Crippen molar-refractivity contribution in [3.8, 4) is 17.3 Å². The Bertz CT molecular complexity index is 2050. The highest BCUT2D eigenvalue weighted by Gasteiger charge is 2.24. The predicted octanol–water partition coefficient (Wildman–Crippen LogP) is 8.81. The molecular weight excluding hydrogens is 492 g/mol. The van der Waals surface area contributed by atoms with Crippen LogP contribution in [0.2, 0.25) is 0 Å². The van der Waals surface area contributed by atoms with Gasteiger partial charge in [0.1, 0.15) is 17.3 Å². The highest BCUT2D eigenvalue weighted by Crippen LogP contribution is 2.41. The maximum Gasteiger partial charge on any atom is 0.137 e. The molecule has 0 unspecified atom stereocenters. The van der Waals surface area contributed by atoms with Gasteiger partial charge in [0.2, 0.25) is 0 Å². The summed E-state index contributed by atoms with van der Waals surface area (Å²) in [6.07, 6.45) is -0.139. The smallest absolute Gasteiger partial charge is 0.137 e. The highest BCUT2D eigenvalue weighted by molar-refractivity contribution is 6.09. The van der Waals surface area contributed by atoms with E-state index in [0.29, 0.717) is 22.9 Å². The molecule has 2 aromatic heterocycles. The Balaban J connectivity index is 1.34. The van der Waals surface area contributed by atoms with Gasteiger partial charge in [0, 0.05) is 41.8 Å². The molecule has 40 heavy (non-hydrogen) atoms. The number of ether oxygens (including phenoxy) is 1. The average Bonchev–Trinajstić information content (AvgIpc) is 3.49. The lowest BCUT2D eigenvalue weighted by Gasteiger charge is -2.20. The first-order valence-electron chi connectivity index (χ1n) is 15.0. The number of rotatable bonds is 4. The second kappa shape index (κ2) is 9.16. The van der Waals surface area contributed by atoms with E-state index < -0.39 is 5.41 Å². The van der Waals surface area contributed by atoms with Gasteiger partial charge in [-0.15, -0.1) is 0 Å². The second-order valence-electron chi connectivity index (χ2n) is 11.3. The lowest BCUT2D eigenvalue weighted by molar-refractivity contribution is 0.483. The Kier molecular flexibility index (Phi) is 4.83. The van der Waals surface area contributed by atoms with Crippen LogP contribution in [0.5, 0.6) is 11.5 Å². The number of aromatic nitrogens is 2. The summed E-state index contributed by atoms with van der Waals surface area (Å²) in [5.74, 6) is 1.71. The monoisotopic (exact) mass is 527 g/mol. The maximum absolute atomic E-state index is 9.14. The van der Waals surface area contributed by atoms with Crippen LogP contribution in [-0.4, -0.2) is 23.3 Å². The summed E-state index contributed by atoms with van der Waals surface area (Å²) in [5.41, 5.74) is 5.11. The fourth-order valence-corrected chi connectivity index (χ4v) is 5.48. The van der Waals surface area contributed by atoms with Crippen LogP contribution in [0, 0.1) is 0 Å². The molecule has 0 spiro atoms. The number of hydrogen-bond donors (Lipinski definition) is 0. The van der Waals surface area contributed by atoms with Crippen molar-refractivity contribution in [2.45, 2.75) is 26.2 Å². The van der Waals surface area contributed by atoms with Gasteiger partial charge in [0.05, 0.1) is 33.2 Å². The summed E-state index contributed by atoms with van der Waals surface area (Å²) < 4.78 is 34.6. The molecule has 5 heteroatoms. The first-order valence-corrected chi connectivity index (χ1v) is 13.5. The van der Waals surface area contributed by atoms with Gasteiger partial charge in [-0.25, -0.2) is 4.98 Å². The Morgan fingerprint density at radius 2 is 1.55 bits per heavy atom. The maximum atomic E-state index is 9.14. The van der Waals surface area contributed by atoms with Gasteiger partial charge in [0.25, 0.3) is 0 Å². The van der Waals surface area contributed by atoms with Crippen molar-refractivity contribution in [3.63, 3.8) is 0 Å². The van der Waals surface area contributed by atoms with Crippen molar-refractivity contribution in [2.24, 2.45) is 0 Å². The number of para-hydroxylation sites is 3. The summed E-state index contributed by atoms with van der Waals surface area (Å²) >= 11 is 0. The van der Waals surface area contributed by atoms with Crippen LogP contribution in [0.25, 0.3) is 27.6 Å². The molecule has 4 aromatic carbocycles. The van der Waals surface area contributed by atoms with Gasteiger partial charge in [-0.05, 0) is 65.5 Å². The molecular formula is C35H32N4O. The Morgan fingerprint density at radius 1 is 0.800 bits per heavy atom. The molecule has 0 saturated heterocycles. The fourth-order valence-electron chi connectivity index (χ4n) is 5.48. The zero-order valence-electron chi connectivity index (χ0n) is 26.1. The number of fused-ring (bicyclic) bond motifs is 4. The van der Waals surface area contributed by atoms with Crippen molar-refractivity contribution < 1.29 is 8.85 Å². The van der Waals surface area contributed by atoms with Crippen LogP contribution in [0.15, 0.2) is 109 Å². The van der Waals surface area contributed by atoms with E-state index in [2.05, 4.69) is 58.2 Å². The van der Waals surface area contributed by atoms with E-state index in [0.717, 1.165) is 39.8 Å². The van der Waals surface area contributed by atoms with E-state index in [1.807, 2.05) is 79.9 Å². The molecule has 6 aromatic rings. The van der Waals surface area contributed by atoms with Crippen LogP contribution >= 0.6 is 0 Å². The zero-order valence-corrected chi connectivity index (χ0v) is 23.1. The molecule has 0 radical (unpaired) electrons. The molecule has 0 bridgehead atoms. The van der Waals surface area contributed by atoms with Gasteiger partial charge in [0.15, 0.2) is 0 Å². The molecule has 0 aliphatic carbocycles. The largest absolute Gasteiger partial charge is 0.457 e. The molecule has 0 fully saturated rings. The van der Waals surface area contributed by atoms with Crippen molar-refractivity contribution in [1.29, 1.82) is 0 Å². The molecule has 3 heterocycles. The highest BCUT2D eigenvalue weighted by atomic mass is 16.5. The lowest BCUT2D eigenvalue weighted by atomic mass is 9.88. The summed E-state index contributed by atoms with van der Waals surface area (Å²) in [6.45, 7) is 6.65. The fraction of sp³-hybridized carbons (Fsp3) is 0.171. The lowest BCUT2D eigenvalue weighted by Crippen LogP contribution is -2.23. The van der Waals surface area contributed by atoms with Crippen molar-refractivity contribution >= 4 is 38.9 Å². The molecule has 0 N–H and O–H groups in total. The first kappa shape index (κ1) is 21.1. The third kappa shape index (κ3) is 4.06. The minimum atomic E-state index is -0.496. The van der Waals surface area contributed by atoms with Crippen LogP contribution in [0.1, 0.15) is 30.4 Å². The Morgan fingerprint density at radius 3 is 2.40 bits per heavy atom. The minimum Gasteiger partial charge on any atom is -0.457 e. The van der Waals surface area contributed by atoms with Gasteiger partial charge >= 0.3 is 0 Å². The minimum absolute atomic E-state index is 0.00209. The van der Waals surface area contributed by atoms with E-state index in [9.17, 15) is 0 Å². The van der Waals surface area contributed by atoms with Crippen LogP contribution < -0.4 is 14.5 Å². The number of nitrogens with zero attached hydrogens (tertiary/aromatic N) is 4. The predicted molar refractivity (Wildman–Crippen MR) is 166 cm³/mol. The molecule has 0 amide bonds. The van der Waals surface area contributed by atoms with Gasteiger partial charge in [-0.1, -0.05) is 57.2 Å². The van der Waals surface area contributed by atoms with E-state index >= 15 is 0 Å². The van der Waals surface area contributed by atoms with E-state index in [-0.39, 0.29) is 18.3 Å². The standard InChI is InChI=1S/C35H32N4O/c1-35(2,3)24-18-19-36-34(20-24)39-30-13-6-5-12-28(30)29-17-16-27(22-33(29)39)40-26-11-9-10-25(21-26)38-23-37(4)31-14-7-8-15-32(31)38/h5-22H,23H2,1-4H3/i18D,19D,20D. The molecule has 5 nitrogen and oxygen atoms in total. The van der Waals surface area contributed by atoms with Crippen LogP contribution in [0.3, 0.4) is 0 Å². The van der Waals surface area contributed by atoms with E-state index in [1.54, 1.807) is 0 Å². The van der Waals surface area contributed by atoms with Gasteiger partial charge in [-0.2, -0.15) is 0 Å². The third-order valence-corrected chi connectivity index (χ3v) is 7.49. The normalized spacial score (nSPS) is 14.3. The van der Waals surface area contributed by atoms with Crippen molar-refractivity contribution in [1.82, 2.24) is 9.55 Å². The Labute approximate surface area is 239 Å². The molecule has 1 aliphatic rings. The summed E-state index contributed by atoms with van der Waals surface area (Å²) in [4.78, 5) is 8.98. The number of benzene rings is 4. The number of hydrogen-bond acceptors (Lipinski definition) is 4. The topological polar surface area (TPSA) is 33.5 Å². The average molecular weight is 528 g/mol. The van der Waals surface area contributed by atoms with Gasteiger partial charge in [-0.3, -0.25) is 4.57 Å². The SMILES string of the molecule is [2H]c1nc(-n2c3ccccc3c3ccc(Oc4cccc(N5CN(C)c6ccccc65)c4)cc32)c([2H])c(C(C)(C)C)c1[2H]. The molecule has 0 atom stereocenters. The van der Waals surface area contributed by atoms with Crippen molar-refractivity contribution in [2.75, 3.05) is 23.5 Å². The first-order chi connectivity index (χ1) is 20.6. The second-order valence-corrected chi connectivity index (χ2v) is 11.3. The molecule has 1 aliphatic heterocycles. The quantitative estimate of drug-likeness (QED) is 0.229. The summed E-state index contributed by atoms with van der Waals surface area (Å²) in [6, 6.07) is 30.6. The Hall–Kier alpha value is -4.77.